The molecule has 1 aromatic rings. The first-order chi connectivity index (χ1) is 7.15. The average Bonchev–Trinajstić information content (AvgIpc) is 2.25. The van der Waals surface area contributed by atoms with Crippen LogP contribution in [-0.2, 0) is 20.7 Å². The number of rotatable bonds is 4. The van der Waals surface area contributed by atoms with Gasteiger partial charge in [0, 0.05) is 4.57 Å². The second-order valence-corrected chi connectivity index (χ2v) is 3.12. The number of hydrogen-bond acceptors (Lipinski definition) is 5. The first-order valence-corrected chi connectivity index (χ1v) is 5.02. The second-order valence-electron chi connectivity index (χ2n) is 2.50. The van der Waals surface area contributed by atoms with Crippen LogP contribution in [0.4, 0.5) is 0 Å². The zero-order chi connectivity index (χ0) is 11.3. The Bertz CT molecular complexity index is 377. The maximum atomic E-state index is 11.2. The van der Waals surface area contributed by atoms with Crippen molar-refractivity contribution in [2.24, 2.45) is 0 Å². The molecule has 0 aromatic heterocycles. The monoisotopic (exact) mass is 231 g/mol. The third-order valence-electron chi connectivity index (χ3n) is 1.58. The van der Waals surface area contributed by atoms with Crippen LogP contribution in [0.15, 0.2) is 24.3 Å². The third-order valence-corrected chi connectivity index (χ3v) is 1.79. The Kier molecular flexibility index (Phi) is 4.33. The maximum Gasteiger partial charge on any atom is 0.736 e. The van der Waals surface area contributed by atoms with Crippen molar-refractivity contribution >= 4 is 14.2 Å². The Labute approximate surface area is 85.9 Å². The van der Waals surface area contributed by atoms with Crippen molar-refractivity contribution in [1.29, 1.82) is 0 Å². The van der Waals surface area contributed by atoms with Gasteiger partial charge in [0.05, 0.1) is 12.2 Å². The molecule has 1 aromatic carbocycles. The molecule has 0 amide bonds. The van der Waals surface area contributed by atoms with E-state index < -0.39 is 14.2 Å². The summed E-state index contributed by atoms with van der Waals surface area (Å²) < 4.78 is 13.9. The molecule has 0 spiro atoms. The minimum absolute atomic E-state index is 0.0804. The average molecular weight is 231 g/mol. The Morgan fingerprint density at radius 1 is 1.40 bits per heavy atom. The minimum Gasteiger partial charge on any atom is -0.392 e. The molecule has 0 saturated heterocycles. The van der Waals surface area contributed by atoms with Gasteiger partial charge in [-0.3, -0.25) is 0 Å². The van der Waals surface area contributed by atoms with Crippen LogP contribution in [0.1, 0.15) is 15.9 Å². The van der Waals surface area contributed by atoms with E-state index in [1.165, 1.54) is 12.1 Å². The lowest BCUT2D eigenvalue weighted by molar-refractivity contribution is -0.150. The standard InChI is InChI=1S/C8H7O6P/c9-5-6-3-1-2-4-7(6)8(10)13-14-15(11)12/h1-4,9H,5H2/p+1. The van der Waals surface area contributed by atoms with Crippen molar-refractivity contribution in [2.45, 2.75) is 6.61 Å². The van der Waals surface area contributed by atoms with Gasteiger partial charge in [0.15, 0.2) is 0 Å². The predicted octanol–water partition coefficient (Wildman–Crippen LogP) is 0.917. The lowest BCUT2D eigenvalue weighted by Gasteiger charge is -2.01. The normalized spacial score (nSPS) is 10.9. The zero-order valence-corrected chi connectivity index (χ0v) is 8.39. The number of aliphatic hydroxyl groups is 1. The fourth-order valence-corrected chi connectivity index (χ4v) is 1.10. The minimum atomic E-state index is -2.99. The summed E-state index contributed by atoms with van der Waals surface area (Å²) in [6.45, 7) is -0.337. The molecular formula is C8H8O6P+. The number of aliphatic hydroxyl groups excluding tert-OH is 1. The van der Waals surface area contributed by atoms with Gasteiger partial charge in [0.1, 0.15) is 4.67 Å². The van der Waals surface area contributed by atoms with E-state index in [0.717, 1.165) is 0 Å². The molecule has 7 heteroatoms. The van der Waals surface area contributed by atoms with E-state index in [2.05, 4.69) is 9.56 Å². The van der Waals surface area contributed by atoms with Gasteiger partial charge in [-0.25, -0.2) is 9.68 Å². The van der Waals surface area contributed by atoms with E-state index >= 15 is 0 Å². The molecule has 0 radical (unpaired) electrons. The van der Waals surface area contributed by atoms with Crippen LogP contribution in [0.5, 0.6) is 0 Å². The lowest BCUT2D eigenvalue weighted by Crippen LogP contribution is -2.06. The predicted molar refractivity (Wildman–Crippen MR) is 48.7 cm³/mol. The summed E-state index contributed by atoms with van der Waals surface area (Å²) >= 11 is 0. The van der Waals surface area contributed by atoms with Crippen LogP contribution >= 0.6 is 8.25 Å². The summed E-state index contributed by atoms with van der Waals surface area (Å²) in [5.74, 6) is -0.933. The summed E-state index contributed by atoms with van der Waals surface area (Å²) in [6.07, 6.45) is 0. The maximum absolute atomic E-state index is 11.2. The van der Waals surface area contributed by atoms with E-state index in [4.69, 9.17) is 10.00 Å². The van der Waals surface area contributed by atoms with Crippen LogP contribution in [0.2, 0.25) is 0 Å². The number of benzene rings is 1. The molecule has 2 N–H and O–H groups in total. The molecule has 1 rings (SSSR count). The highest BCUT2D eigenvalue weighted by molar-refractivity contribution is 7.31. The molecule has 0 fully saturated rings. The molecule has 0 saturated carbocycles. The van der Waals surface area contributed by atoms with Gasteiger partial charge in [-0.05, 0) is 11.6 Å². The van der Waals surface area contributed by atoms with Gasteiger partial charge in [0.2, 0.25) is 0 Å². The van der Waals surface area contributed by atoms with Crippen molar-refractivity contribution in [3.05, 3.63) is 35.4 Å². The molecule has 0 aliphatic heterocycles. The van der Waals surface area contributed by atoms with Gasteiger partial charge in [-0.1, -0.05) is 18.2 Å². The topological polar surface area (TPSA) is 93.1 Å². The van der Waals surface area contributed by atoms with Gasteiger partial charge in [-0.15, -0.1) is 4.89 Å². The lowest BCUT2D eigenvalue weighted by atomic mass is 10.1. The van der Waals surface area contributed by atoms with Crippen molar-refractivity contribution in [2.75, 3.05) is 0 Å². The zero-order valence-electron chi connectivity index (χ0n) is 7.49. The largest absolute Gasteiger partial charge is 0.736 e. The van der Waals surface area contributed by atoms with Crippen molar-refractivity contribution in [1.82, 2.24) is 0 Å². The van der Waals surface area contributed by atoms with E-state index in [1.807, 2.05) is 0 Å². The highest BCUT2D eigenvalue weighted by Crippen LogP contribution is 2.17. The fourth-order valence-electron chi connectivity index (χ4n) is 0.968. The van der Waals surface area contributed by atoms with Gasteiger partial charge < -0.3 is 5.11 Å². The number of hydrogen-bond donors (Lipinski definition) is 2. The Morgan fingerprint density at radius 3 is 2.67 bits per heavy atom. The molecule has 80 valence electrons. The van der Waals surface area contributed by atoms with E-state index in [1.54, 1.807) is 12.1 Å². The quantitative estimate of drug-likeness (QED) is 0.454. The van der Waals surface area contributed by atoms with Gasteiger partial charge in [-0.2, -0.15) is 0 Å². The van der Waals surface area contributed by atoms with Crippen molar-refractivity contribution < 1.29 is 28.9 Å². The highest BCUT2D eigenvalue weighted by Gasteiger charge is 2.20. The molecule has 1 atom stereocenters. The number of carbonyl (C=O) groups is 1. The summed E-state index contributed by atoms with van der Waals surface area (Å²) in [7, 11) is -2.99. The van der Waals surface area contributed by atoms with Crippen molar-refractivity contribution in [3.8, 4) is 0 Å². The molecule has 0 heterocycles. The smallest absolute Gasteiger partial charge is 0.392 e. The summed E-state index contributed by atoms with van der Waals surface area (Å²) in [5.41, 5.74) is 0.427. The summed E-state index contributed by atoms with van der Waals surface area (Å²) in [6, 6.07) is 6.13. The van der Waals surface area contributed by atoms with Crippen molar-refractivity contribution in [3.63, 3.8) is 0 Å². The molecule has 0 aliphatic rings. The van der Waals surface area contributed by atoms with Crippen LogP contribution in [0, 0.1) is 0 Å². The molecule has 15 heavy (non-hydrogen) atoms. The molecular weight excluding hydrogens is 223 g/mol. The van der Waals surface area contributed by atoms with E-state index in [0.29, 0.717) is 5.56 Å². The molecule has 6 nitrogen and oxygen atoms in total. The van der Waals surface area contributed by atoms with E-state index in [-0.39, 0.29) is 12.2 Å². The van der Waals surface area contributed by atoms with Gasteiger partial charge >= 0.3 is 14.2 Å². The van der Waals surface area contributed by atoms with Gasteiger partial charge in [0.25, 0.3) is 0 Å². The van der Waals surface area contributed by atoms with Crippen LogP contribution in [0.3, 0.4) is 0 Å². The Morgan fingerprint density at radius 2 is 2.07 bits per heavy atom. The summed E-state index contributed by atoms with van der Waals surface area (Å²) in [5, 5.41) is 8.89. The Hall–Kier alpha value is -1.33. The van der Waals surface area contributed by atoms with Crippen LogP contribution < -0.4 is 0 Å². The second kappa shape index (κ2) is 5.53. The molecule has 0 aliphatic carbocycles. The molecule has 1 unspecified atom stereocenters. The Balaban J connectivity index is 2.77. The SMILES string of the molecule is O=C(OO[P+](=O)O)c1ccccc1CO. The highest BCUT2D eigenvalue weighted by atomic mass is 31.1. The number of carbonyl (C=O) groups excluding carboxylic acids is 1. The third kappa shape index (κ3) is 3.38. The first kappa shape index (κ1) is 11.7. The van der Waals surface area contributed by atoms with Crippen LogP contribution in [0.25, 0.3) is 0 Å². The van der Waals surface area contributed by atoms with E-state index in [9.17, 15) is 9.36 Å². The summed E-state index contributed by atoms with van der Waals surface area (Å²) in [4.78, 5) is 23.5. The molecule has 0 bridgehead atoms. The van der Waals surface area contributed by atoms with Crippen LogP contribution in [-0.4, -0.2) is 16.0 Å². The fraction of sp³-hybridized carbons (Fsp3) is 0.125. The first-order valence-electron chi connectivity index (χ1n) is 3.89.